The van der Waals surface area contributed by atoms with Crippen LogP contribution in [0.4, 0.5) is 0 Å². The van der Waals surface area contributed by atoms with Crippen LogP contribution in [0.3, 0.4) is 0 Å². The smallest absolute Gasteiger partial charge is 0.122 e. The third-order valence-electron chi connectivity index (χ3n) is 8.70. The highest BCUT2D eigenvalue weighted by molar-refractivity contribution is 5.57. The Morgan fingerprint density at radius 3 is 0.636 bits per heavy atom. The largest absolute Gasteiger partial charge is 0.507 e. The van der Waals surface area contributed by atoms with Crippen molar-refractivity contribution in [3.05, 3.63) is 115 Å². The van der Waals surface area contributed by atoms with Gasteiger partial charge in [-0.25, -0.2) is 0 Å². The Balaban J connectivity index is 1.79. The summed E-state index contributed by atoms with van der Waals surface area (Å²) in [6, 6.07) is 16.0. The van der Waals surface area contributed by atoms with Crippen molar-refractivity contribution in [1.29, 1.82) is 0 Å². The molecular weight excluding hydrogens is 552 g/mol. The highest BCUT2D eigenvalue weighted by atomic mass is 16.3. The number of quaternary nitrogens is 4. The molecule has 232 valence electrons. The molecule has 5 rings (SSSR count). The van der Waals surface area contributed by atoms with Gasteiger partial charge in [0, 0.05) is 51.4 Å². The fourth-order valence-electron chi connectivity index (χ4n) is 6.62. The molecule has 0 unspecified atom stereocenters. The number of aromatic hydroxyl groups is 4. The van der Waals surface area contributed by atoms with E-state index in [-0.39, 0.29) is 23.0 Å². The van der Waals surface area contributed by atoms with Gasteiger partial charge < -0.3 is 43.4 Å². The molecule has 1 aliphatic carbocycles. The van der Waals surface area contributed by atoms with Crippen LogP contribution in [0.5, 0.6) is 23.0 Å². The molecule has 8 heteroatoms. The minimum atomic E-state index is 0.178. The molecule has 8 bridgehead atoms. The molecule has 0 heterocycles. The van der Waals surface area contributed by atoms with E-state index >= 15 is 0 Å². The molecule has 0 radical (unpaired) electrons. The highest BCUT2D eigenvalue weighted by Gasteiger charge is 2.22. The van der Waals surface area contributed by atoms with E-state index in [9.17, 15) is 20.4 Å². The monoisotopic (exact) mass is 600 g/mol. The predicted octanol–water partition coefficient (Wildman–Crippen LogP) is 0.323. The van der Waals surface area contributed by atoms with E-state index < -0.39 is 0 Å². The lowest BCUT2D eigenvalue weighted by Crippen LogP contribution is -2.51. The third kappa shape index (κ3) is 6.69. The van der Waals surface area contributed by atoms with Gasteiger partial charge in [0.1, 0.15) is 23.0 Å². The van der Waals surface area contributed by atoms with Crippen molar-refractivity contribution in [3.63, 3.8) is 0 Å². The fourth-order valence-corrected chi connectivity index (χ4v) is 6.62. The Kier molecular flexibility index (Phi) is 9.76. The van der Waals surface area contributed by atoms with Gasteiger partial charge in [0.2, 0.25) is 0 Å². The maximum absolute atomic E-state index is 11.6. The van der Waals surface area contributed by atoms with Crippen LogP contribution in [0.15, 0.2) is 48.5 Å². The number of benzene rings is 4. The topological polar surface area (TPSA) is 191 Å². The Morgan fingerprint density at radius 1 is 0.341 bits per heavy atom. The molecule has 0 fully saturated rings. The van der Waals surface area contributed by atoms with Crippen molar-refractivity contribution in [1.82, 2.24) is 0 Å². The quantitative estimate of drug-likeness (QED) is 0.127. The zero-order valence-electron chi connectivity index (χ0n) is 25.7. The van der Waals surface area contributed by atoms with Crippen LogP contribution in [-0.4, -0.2) is 46.6 Å². The molecule has 1 aliphatic rings. The Hall–Kier alpha value is -4.08. The summed E-state index contributed by atoms with van der Waals surface area (Å²) in [6.07, 6.45) is 4.36. The number of hydrogen-bond acceptors (Lipinski definition) is 4. The zero-order chi connectivity index (χ0) is 31.4. The first-order valence-corrected chi connectivity index (χ1v) is 15.8. The molecule has 0 saturated carbocycles. The van der Waals surface area contributed by atoms with Crippen molar-refractivity contribution >= 4 is 0 Å². The van der Waals surface area contributed by atoms with Crippen molar-refractivity contribution in [2.75, 3.05) is 26.2 Å². The molecule has 0 spiro atoms. The average Bonchev–Trinajstić information content (AvgIpc) is 2.98. The Labute approximate surface area is 259 Å². The van der Waals surface area contributed by atoms with E-state index in [1.54, 1.807) is 0 Å². The minimum Gasteiger partial charge on any atom is -0.507 e. The molecule has 4 aromatic carbocycles. The standard InChI is InChI=1S/C36H44N4O4/c37-5-1-21-9-25-17-27-11-22(2-6-38)13-29(34(27)42)19-31-15-24(4-8-40)16-32(36(31)44)20-30-14-23(3-7-39)12-28(35(30)43)18-26(10-21)33(25)41/h9-16,41-44H,1-8,17-20,37-40H2/p+4. The van der Waals surface area contributed by atoms with E-state index in [2.05, 4.69) is 22.9 Å². The van der Waals surface area contributed by atoms with Gasteiger partial charge in [-0.15, -0.1) is 0 Å². The summed E-state index contributed by atoms with van der Waals surface area (Å²) in [5, 5.41) is 46.5. The van der Waals surface area contributed by atoms with E-state index in [4.69, 9.17) is 0 Å². The van der Waals surface area contributed by atoms with E-state index in [0.717, 1.165) is 92.4 Å². The first-order valence-electron chi connectivity index (χ1n) is 15.8. The first kappa shape index (κ1) is 31.3. The number of phenolic OH excluding ortho intramolecular Hbond substituents is 4. The van der Waals surface area contributed by atoms with Gasteiger partial charge in [-0.1, -0.05) is 48.5 Å². The lowest BCUT2D eigenvalue weighted by molar-refractivity contribution is -0.367. The van der Waals surface area contributed by atoms with Gasteiger partial charge in [0.25, 0.3) is 0 Å². The highest BCUT2D eigenvalue weighted by Crippen LogP contribution is 2.39. The second kappa shape index (κ2) is 13.7. The summed E-state index contributed by atoms with van der Waals surface area (Å²) in [5.41, 5.74) is 26.2. The van der Waals surface area contributed by atoms with Crippen LogP contribution in [0, 0.1) is 0 Å². The van der Waals surface area contributed by atoms with E-state index in [1.807, 2.05) is 48.5 Å². The predicted molar refractivity (Wildman–Crippen MR) is 169 cm³/mol. The lowest BCUT2D eigenvalue weighted by atomic mass is 9.87. The normalized spacial score (nSPS) is 12.8. The number of phenols is 4. The molecule has 16 N–H and O–H groups in total. The summed E-state index contributed by atoms with van der Waals surface area (Å²) < 4.78 is 0. The van der Waals surface area contributed by atoms with Crippen molar-refractivity contribution in [3.8, 4) is 23.0 Å². The summed E-state index contributed by atoms with van der Waals surface area (Å²) >= 11 is 0. The zero-order valence-corrected chi connectivity index (χ0v) is 25.7. The van der Waals surface area contributed by atoms with Crippen LogP contribution in [-0.2, 0) is 51.4 Å². The summed E-state index contributed by atoms with van der Waals surface area (Å²) in [6.45, 7) is 2.85. The molecule has 4 aromatic rings. The molecule has 0 aromatic heterocycles. The summed E-state index contributed by atoms with van der Waals surface area (Å²) in [7, 11) is 0. The summed E-state index contributed by atoms with van der Waals surface area (Å²) in [5.74, 6) is 0.713. The molecule has 0 atom stereocenters. The molecule has 0 amide bonds. The van der Waals surface area contributed by atoms with Gasteiger partial charge in [-0.3, -0.25) is 0 Å². The number of hydrogen-bond donors (Lipinski definition) is 8. The van der Waals surface area contributed by atoms with Crippen LogP contribution in [0.2, 0.25) is 0 Å². The second-order valence-corrected chi connectivity index (χ2v) is 12.2. The molecule has 44 heavy (non-hydrogen) atoms. The molecule has 0 aliphatic heterocycles. The minimum absolute atomic E-state index is 0.178. The Morgan fingerprint density at radius 2 is 0.500 bits per heavy atom. The molecule has 8 nitrogen and oxygen atoms in total. The fraction of sp³-hybridized carbons (Fsp3) is 0.333. The van der Waals surface area contributed by atoms with E-state index in [0.29, 0.717) is 51.9 Å². The van der Waals surface area contributed by atoms with Gasteiger partial charge in [-0.2, -0.15) is 0 Å². The van der Waals surface area contributed by atoms with Gasteiger partial charge in [0.15, 0.2) is 0 Å². The van der Waals surface area contributed by atoms with Crippen LogP contribution in [0.25, 0.3) is 0 Å². The molecule has 0 saturated heterocycles. The van der Waals surface area contributed by atoms with Gasteiger partial charge in [0.05, 0.1) is 26.2 Å². The third-order valence-corrected chi connectivity index (χ3v) is 8.70. The maximum atomic E-state index is 11.6. The van der Waals surface area contributed by atoms with Crippen LogP contribution >= 0.6 is 0 Å². The molecular formula is C36H48N4O4+4. The van der Waals surface area contributed by atoms with E-state index in [1.165, 1.54) is 0 Å². The first-order chi connectivity index (χ1) is 21.2. The van der Waals surface area contributed by atoms with Crippen molar-refractivity contribution in [2.24, 2.45) is 0 Å². The van der Waals surface area contributed by atoms with Crippen LogP contribution in [0.1, 0.15) is 66.8 Å². The van der Waals surface area contributed by atoms with Gasteiger partial charge >= 0.3 is 0 Å². The maximum Gasteiger partial charge on any atom is 0.122 e. The van der Waals surface area contributed by atoms with Crippen LogP contribution < -0.4 is 22.9 Å². The van der Waals surface area contributed by atoms with Gasteiger partial charge in [-0.05, 0) is 66.8 Å². The van der Waals surface area contributed by atoms with Crippen molar-refractivity contribution in [2.45, 2.75) is 51.4 Å². The number of fused-ring (bicyclic) bond motifs is 8. The van der Waals surface area contributed by atoms with Crippen molar-refractivity contribution < 1.29 is 43.4 Å². The summed E-state index contributed by atoms with van der Waals surface area (Å²) in [4.78, 5) is 0. The average molecular weight is 601 g/mol. The second-order valence-electron chi connectivity index (χ2n) is 12.2. The number of rotatable bonds is 8. The SMILES string of the molecule is [NH3+]CCc1cc2c(O)c(c1)Cc1cc(CC[NH3+])cc(c1O)Cc1cc(CC[NH3+])cc(c1O)Cc1cc(CC[NH3+])cc(c1O)C2. The lowest BCUT2D eigenvalue weighted by Gasteiger charge is -2.20. The Bertz CT molecular complexity index is 1330.